The predicted octanol–water partition coefficient (Wildman–Crippen LogP) is 1.83. The first-order valence-corrected chi connectivity index (χ1v) is 6.43. The van der Waals surface area contributed by atoms with Crippen molar-refractivity contribution in [2.75, 3.05) is 40.1 Å². The summed E-state index contributed by atoms with van der Waals surface area (Å²) in [6.07, 6.45) is 1.14. The zero-order chi connectivity index (χ0) is 13.1. The van der Waals surface area contributed by atoms with Crippen LogP contribution < -0.4 is 5.32 Å². The van der Waals surface area contributed by atoms with E-state index in [1.54, 1.807) is 7.11 Å². The topological polar surface area (TPSA) is 39.7 Å². The Bertz CT molecular complexity index is 169. The molecule has 0 aromatic rings. The van der Waals surface area contributed by atoms with Crippen molar-refractivity contribution in [3.05, 3.63) is 0 Å². The molecule has 0 aliphatic heterocycles. The van der Waals surface area contributed by atoms with Gasteiger partial charge in [0.15, 0.2) is 0 Å². The largest absolute Gasteiger partial charge is 0.382 e. The molecule has 0 radical (unpaired) electrons. The van der Waals surface area contributed by atoms with Crippen molar-refractivity contribution in [2.45, 2.75) is 45.8 Å². The van der Waals surface area contributed by atoms with Gasteiger partial charge in [-0.2, -0.15) is 0 Å². The molecule has 0 saturated carbocycles. The van der Waals surface area contributed by atoms with Gasteiger partial charge in [-0.05, 0) is 27.2 Å². The van der Waals surface area contributed by atoms with E-state index in [-0.39, 0.29) is 11.6 Å². The van der Waals surface area contributed by atoms with Crippen LogP contribution in [-0.2, 0) is 14.2 Å². The van der Waals surface area contributed by atoms with Crippen LogP contribution in [0.3, 0.4) is 0 Å². The van der Waals surface area contributed by atoms with Gasteiger partial charge in [-0.1, -0.05) is 6.92 Å². The normalized spacial score (nSPS) is 13.9. The number of hydrogen-bond donors (Lipinski definition) is 1. The van der Waals surface area contributed by atoms with Gasteiger partial charge in [-0.25, -0.2) is 0 Å². The zero-order valence-electron chi connectivity index (χ0n) is 12.0. The maximum Gasteiger partial charge on any atom is 0.0933 e. The molecule has 0 fully saturated rings. The minimum absolute atomic E-state index is 0.0875. The van der Waals surface area contributed by atoms with Crippen LogP contribution >= 0.6 is 0 Å². The SMILES string of the molecule is CCCOCCOC(CNC(C)(C)C)COC. The van der Waals surface area contributed by atoms with Crippen molar-refractivity contribution in [2.24, 2.45) is 0 Å². The highest BCUT2D eigenvalue weighted by Gasteiger charge is 2.14. The molecule has 0 heterocycles. The Labute approximate surface area is 106 Å². The summed E-state index contributed by atoms with van der Waals surface area (Å²) in [7, 11) is 1.70. The molecule has 4 nitrogen and oxygen atoms in total. The second-order valence-corrected chi connectivity index (χ2v) is 5.19. The summed E-state index contributed by atoms with van der Waals surface area (Å²) < 4.78 is 16.2. The standard InChI is InChI=1S/C13H29NO3/c1-6-7-16-8-9-17-12(11-15-5)10-14-13(2,3)4/h12,14H,6-11H2,1-5H3. The summed E-state index contributed by atoms with van der Waals surface area (Å²) in [5, 5.41) is 3.41. The minimum Gasteiger partial charge on any atom is -0.382 e. The molecule has 0 amide bonds. The Morgan fingerprint density at radius 2 is 1.82 bits per heavy atom. The summed E-state index contributed by atoms with van der Waals surface area (Å²) in [6.45, 7) is 12.0. The molecule has 104 valence electrons. The van der Waals surface area contributed by atoms with Crippen LogP contribution in [0.5, 0.6) is 0 Å². The van der Waals surface area contributed by atoms with Gasteiger partial charge in [-0.15, -0.1) is 0 Å². The lowest BCUT2D eigenvalue weighted by Gasteiger charge is -2.25. The quantitative estimate of drug-likeness (QED) is 0.598. The van der Waals surface area contributed by atoms with Gasteiger partial charge in [0.25, 0.3) is 0 Å². The van der Waals surface area contributed by atoms with Crippen LogP contribution in [0.15, 0.2) is 0 Å². The summed E-state index contributed by atoms with van der Waals surface area (Å²) >= 11 is 0. The van der Waals surface area contributed by atoms with E-state index in [0.29, 0.717) is 19.8 Å². The number of rotatable bonds is 10. The van der Waals surface area contributed by atoms with Crippen LogP contribution in [0.1, 0.15) is 34.1 Å². The van der Waals surface area contributed by atoms with E-state index in [4.69, 9.17) is 14.2 Å². The van der Waals surface area contributed by atoms with E-state index in [9.17, 15) is 0 Å². The Hall–Kier alpha value is -0.160. The summed E-state index contributed by atoms with van der Waals surface area (Å²) in [5.74, 6) is 0. The fourth-order valence-corrected chi connectivity index (χ4v) is 1.29. The van der Waals surface area contributed by atoms with Gasteiger partial charge >= 0.3 is 0 Å². The second-order valence-electron chi connectivity index (χ2n) is 5.19. The smallest absolute Gasteiger partial charge is 0.0933 e. The molecule has 0 aliphatic carbocycles. The molecule has 1 N–H and O–H groups in total. The number of nitrogens with one attached hydrogen (secondary N) is 1. The first-order chi connectivity index (χ1) is 7.99. The zero-order valence-corrected chi connectivity index (χ0v) is 12.0. The summed E-state index contributed by atoms with van der Waals surface area (Å²) in [6, 6.07) is 0. The van der Waals surface area contributed by atoms with E-state index in [2.05, 4.69) is 33.0 Å². The molecule has 0 spiro atoms. The average molecular weight is 247 g/mol. The average Bonchev–Trinajstić information content (AvgIpc) is 2.24. The van der Waals surface area contributed by atoms with Crippen molar-refractivity contribution < 1.29 is 14.2 Å². The highest BCUT2D eigenvalue weighted by Crippen LogP contribution is 2.00. The van der Waals surface area contributed by atoms with E-state index >= 15 is 0 Å². The van der Waals surface area contributed by atoms with Crippen LogP contribution in [-0.4, -0.2) is 51.7 Å². The van der Waals surface area contributed by atoms with E-state index in [1.165, 1.54) is 0 Å². The highest BCUT2D eigenvalue weighted by molar-refractivity contribution is 4.73. The predicted molar refractivity (Wildman–Crippen MR) is 70.5 cm³/mol. The van der Waals surface area contributed by atoms with E-state index in [0.717, 1.165) is 19.6 Å². The van der Waals surface area contributed by atoms with Crippen molar-refractivity contribution in [1.29, 1.82) is 0 Å². The maximum absolute atomic E-state index is 5.71. The van der Waals surface area contributed by atoms with Gasteiger partial charge in [0.2, 0.25) is 0 Å². The van der Waals surface area contributed by atoms with Gasteiger partial charge in [0.1, 0.15) is 0 Å². The number of hydrogen-bond acceptors (Lipinski definition) is 4. The first-order valence-electron chi connectivity index (χ1n) is 6.43. The third-order valence-corrected chi connectivity index (χ3v) is 2.14. The van der Waals surface area contributed by atoms with Crippen LogP contribution in [0.2, 0.25) is 0 Å². The molecule has 0 aromatic heterocycles. The third kappa shape index (κ3) is 12.1. The highest BCUT2D eigenvalue weighted by atomic mass is 16.5. The monoisotopic (exact) mass is 247 g/mol. The molecule has 0 rings (SSSR count). The molecule has 1 unspecified atom stereocenters. The van der Waals surface area contributed by atoms with Crippen LogP contribution in [0.4, 0.5) is 0 Å². The van der Waals surface area contributed by atoms with Crippen molar-refractivity contribution in [3.63, 3.8) is 0 Å². The Morgan fingerprint density at radius 1 is 1.12 bits per heavy atom. The molecule has 4 heteroatoms. The Morgan fingerprint density at radius 3 is 2.35 bits per heavy atom. The maximum atomic E-state index is 5.71. The molecular weight excluding hydrogens is 218 g/mol. The number of ether oxygens (including phenoxy) is 3. The lowest BCUT2D eigenvalue weighted by atomic mass is 10.1. The minimum atomic E-state index is 0.0875. The fourth-order valence-electron chi connectivity index (χ4n) is 1.29. The van der Waals surface area contributed by atoms with Crippen molar-refractivity contribution >= 4 is 0 Å². The van der Waals surface area contributed by atoms with Crippen molar-refractivity contribution in [3.8, 4) is 0 Å². The molecule has 0 aliphatic rings. The number of methoxy groups -OCH3 is 1. The van der Waals surface area contributed by atoms with Crippen molar-refractivity contribution in [1.82, 2.24) is 5.32 Å². The van der Waals surface area contributed by atoms with Gasteiger partial charge in [0, 0.05) is 25.8 Å². The Kier molecular flexibility index (Phi) is 9.74. The summed E-state index contributed by atoms with van der Waals surface area (Å²) in [4.78, 5) is 0. The fraction of sp³-hybridized carbons (Fsp3) is 1.00. The van der Waals surface area contributed by atoms with Gasteiger partial charge < -0.3 is 19.5 Å². The van der Waals surface area contributed by atoms with Gasteiger partial charge in [0.05, 0.1) is 25.9 Å². The van der Waals surface area contributed by atoms with Crippen LogP contribution in [0, 0.1) is 0 Å². The first kappa shape index (κ1) is 16.8. The third-order valence-electron chi connectivity index (χ3n) is 2.14. The lowest BCUT2D eigenvalue weighted by Crippen LogP contribution is -2.43. The molecule has 0 aromatic carbocycles. The molecular formula is C13H29NO3. The van der Waals surface area contributed by atoms with Crippen LogP contribution in [0.25, 0.3) is 0 Å². The molecule has 17 heavy (non-hydrogen) atoms. The summed E-state index contributed by atoms with van der Waals surface area (Å²) in [5.41, 5.74) is 0.105. The molecule has 0 bridgehead atoms. The lowest BCUT2D eigenvalue weighted by molar-refractivity contribution is -0.0292. The van der Waals surface area contributed by atoms with Gasteiger partial charge in [-0.3, -0.25) is 0 Å². The molecule has 1 atom stereocenters. The van der Waals surface area contributed by atoms with E-state index in [1.807, 2.05) is 0 Å². The second kappa shape index (κ2) is 9.83. The Balaban J connectivity index is 3.67. The van der Waals surface area contributed by atoms with E-state index < -0.39 is 0 Å². The molecule has 0 saturated heterocycles.